The van der Waals surface area contributed by atoms with Gasteiger partial charge in [-0.05, 0) is 18.6 Å². The van der Waals surface area contributed by atoms with E-state index in [4.69, 9.17) is 0 Å². The molecule has 2 rings (SSSR count). The van der Waals surface area contributed by atoms with Crippen molar-refractivity contribution in [1.82, 2.24) is 15.3 Å². The largest absolute Gasteiger partial charge is 0.347 e. The van der Waals surface area contributed by atoms with E-state index in [0.29, 0.717) is 12.2 Å². The Balaban J connectivity index is 2.05. The van der Waals surface area contributed by atoms with Gasteiger partial charge in [0.2, 0.25) is 5.91 Å². The van der Waals surface area contributed by atoms with Crippen molar-refractivity contribution in [2.75, 3.05) is 0 Å². The van der Waals surface area contributed by atoms with E-state index in [9.17, 15) is 13.6 Å². The minimum absolute atomic E-state index is 0.223. The first kappa shape index (κ1) is 14.2. The van der Waals surface area contributed by atoms with Gasteiger partial charge in [-0.3, -0.25) is 4.79 Å². The molecule has 6 heteroatoms. The normalized spacial score (nSPS) is 12.2. The smallest absolute Gasteiger partial charge is 0.225 e. The third kappa shape index (κ3) is 3.20. The number of carbonyl (C=O) groups is 1. The average Bonchev–Trinajstić information content (AvgIpc) is 2.94. The molecule has 0 radical (unpaired) electrons. The predicted octanol–water partition coefficient (Wildman–Crippen LogP) is 2.50. The number of hydrogen-bond acceptors (Lipinski definition) is 2. The Hall–Kier alpha value is -2.24. The number of amides is 1. The second kappa shape index (κ2) is 6.27. The maximum Gasteiger partial charge on any atom is 0.225 e. The number of aromatic amines is 1. The van der Waals surface area contributed by atoms with Crippen molar-refractivity contribution < 1.29 is 13.6 Å². The van der Waals surface area contributed by atoms with Crippen LogP contribution in [0.1, 0.15) is 30.8 Å². The van der Waals surface area contributed by atoms with Crippen molar-refractivity contribution in [3.05, 3.63) is 53.6 Å². The molecular weight excluding hydrogens is 264 g/mol. The molecule has 20 heavy (non-hydrogen) atoms. The zero-order valence-corrected chi connectivity index (χ0v) is 11.0. The maximum atomic E-state index is 13.5. The summed E-state index contributed by atoms with van der Waals surface area (Å²) in [5.74, 6) is -1.26. The molecule has 1 heterocycles. The Kier molecular flexibility index (Phi) is 4.45. The van der Waals surface area contributed by atoms with Crippen LogP contribution >= 0.6 is 0 Å². The van der Waals surface area contributed by atoms with Crippen molar-refractivity contribution in [1.29, 1.82) is 0 Å². The minimum atomic E-state index is -0.716. The number of nitrogens with one attached hydrogen (secondary N) is 2. The molecule has 0 saturated carbocycles. The Morgan fingerprint density at radius 3 is 2.65 bits per heavy atom. The number of H-pyrrole nitrogens is 1. The molecule has 1 aromatic heterocycles. The number of rotatable bonds is 5. The highest BCUT2D eigenvalue weighted by molar-refractivity contribution is 5.79. The molecule has 0 aliphatic heterocycles. The number of halogens is 2. The van der Waals surface area contributed by atoms with Gasteiger partial charge in [0.15, 0.2) is 0 Å². The summed E-state index contributed by atoms with van der Waals surface area (Å²) in [6.45, 7) is 1.89. The molecule has 1 aromatic carbocycles. The molecule has 1 atom stereocenters. The molecule has 2 N–H and O–H groups in total. The number of imidazole rings is 1. The van der Waals surface area contributed by atoms with Crippen molar-refractivity contribution in [2.24, 2.45) is 0 Å². The van der Waals surface area contributed by atoms with Crippen molar-refractivity contribution in [2.45, 2.75) is 25.8 Å². The quantitative estimate of drug-likeness (QED) is 0.883. The highest BCUT2D eigenvalue weighted by Crippen LogP contribution is 2.15. The van der Waals surface area contributed by atoms with Crippen LogP contribution in [-0.4, -0.2) is 15.9 Å². The fourth-order valence-electron chi connectivity index (χ4n) is 1.94. The van der Waals surface area contributed by atoms with Gasteiger partial charge in [0.05, 0.1) is 12.5 Å². The fraction of sp³-hybridized carbons (Fsp3) is 0.286. The predicted molar refractivity (Wildman–Crippen MR) is 69.8 cm³/mol. The standard InChI is InChI=1S/C14H15F2N3O/c1-2-12(14-17-6-7-18-14)19-13(20)8-9-10(15)4-3-5-11(9)16/h3-7,12H,2,8H2,1H3,(H,17,18)(H,19,20). The van der Waals surface area contributed by atoms with Crippen LogP contribution < -0.4 is 5.32 Å². The molecule has 2 aromatic rings. The molecule has 0 aliphatic rings. The zero-order valence-electron chi connectivity index (χ0n) is 11.0. The van der Waals surface area contributed by atoms with Crippen LogP contribution in [0.2, 0.25) is 0 Å². The van der Waals surface area contributed by atoms with Gasteiger partial charge < -0.3 is 10.3 Å². The summed E-state index contributed by atoms with van der Waals surface area (Å²) in [5, 5.41) is 2.71. The van der Waals surface area contributed by atoms with Gasteiger partial charge in [0.1, 0.15) is 17.5 Å². The first-order valence-electron chi connectivity index (χ1n) is 6.33. The molecule has 4 nitrogen and oxygen atoms in total. The molecule has 106 valence electrons. The van der Waals surface area contributed by atoms with E-state index in [-0.39, 0.29) is 18.0 Å². The van der Waals surface area contributed by atoms with Crippen LogP contribution in [0.5, 0.6) is 0 Å². The number of carbonyl (C=O) groups excluding carboxylic acids is 1. The molecule has 1 amide bonds. The first-order chi connectivity index (χ1) is 9.61. The second-order valence-corrected chi connectivity index (χ2v) is 4.38. The third-order valence-electron chi connectivity index (χ3n) is 2.99. The average molecular weight is 279 g/mol. The molecule has 0 fully saturated rings. The number of benzene rings is 1. The number of hydrogen-bond donors (Lipinski definition) is 2. The number of nitrogens with zero attached hydrogens (tertiary/aromatic N) is 1. The fourth-order valence-corrected chi connectivity index (χ4v) is 1.94. The third-order valence-corrected chi connectivity index (χ3v) is 2.99. The van der Waals surface area contributed by atoms with Gasteiger partial charge in [0, 0.05) is 18.0 Å². The van der Waals surface area contributed by atoms with E-state index < -0.39 is 17.5 Å². The lowest BCUT2D eigenvalue weighted by atomic mass is 10.1. The van der Waals surface area contributed by atoms with Gasteiger partial charge in [-0.25, -0.2) is 13.8 Å². The molecular formula is C14H15F2N3O. The van der Waals surface area contributed by atoms with Crippen LogP contribution in [0, 0.1) is 11.6 Å². The van der Waals surface area contributed by atoms with E-state index in [0.717, 1.165) is 12.1 Å². The van der Waals surface area contributed by atoms with Gasteiger partial charge in [-0.1, -0.05) is 13.0 Å². The SMILES string of the molecule is CCC(NC(=O)Cc1c(F)cccc1F)c1ncc[nH]1. The lowest BCUT2D eigenvalue weighted by Gasteiger charge is -2.15. The summed E-state index contributed by atoms with van der Waals surface area (Å²) in [6.07, 6.45) is 3.52. The van der Waals surface area contributed by atoms with E-state index in [1.54, 1.807) is 12.4 Å². The van der Waals surface area contributed by atoms with Crippen LogP contribution in [0.4, 0.5) is 8.78 Å². The summed E-state index contributed by atoms with van der Waals surface area (Å²) in [6, 6.07) is 3.24. The topological polar surface area (TPSA) is 57.8 Å². The second-order valence-electron chi connectivity index (χ2n) is 4.38. The van der Waals surface area contributed by atoms with Crippen LogP contribution in [0.15, 0.2) is 30.6 Å². The van der Waals surface area contributed by atoms with E-state index in [1.807, 2.05) is 6.92 Å². The summed E-state index contributed by atoms with van der Waals surface area (Å²) >= 11 is 0. The van der Waals surface area contributed by atoms with Gasteiger partial charge in [-0.2, -0.15) is 0 Å². The molecule has 1 unspecified atom stereocenters. The molecule has 0 aliphatic carbocycles. The highest BCUT2D eigenvalue weighted by Gasteiger charge is 2.17. The first-order valence-corrected chi connectivity index (χ1v) is 6.33. The monoisotopic (exact) mass is 279 g/mol. The van der Waals surface area contributed by atoms with E-state index in [1.165, 1.54) is 6.07 Å². The Morgan fingerprint density at radius 2 is 2.10 bits per heavy atom. The summed E-state index contributed by atoms with van der Waals surface area (Å²) in [7, 11) is 0. The van der Waals surface area contributed by atoms with Crippen LogP contribution in [0.25, 0.3) is 0 Å². The summed E-state index contributed by atoms with van der Waals surface area (Å²) in [4.78, 5) is 18.9. The zero-order chi connectivity index (χ0) is 14.5. The van der Waals surface area contributed by atoms with Crippen molar-refractivity contribution in [3.63, 3.8) is 0 Å². The van der Waals surface area contributed by atoms with E-state index in [2.05, 4.69) is 15.3 Å². The number of aromatic nitrogens is 2. The van der Waals surface area contributed by atoms with Crippen molar-refractivity contribution in [3.8, 4) is 0 Å². The summed E-state index contributed by atoms with van der Waals surface area (Å²) in [5.41, 5.74) is -0.223. The molecule has 0 bridgehead atoms. The molecule has 0 saturated heterocycles. The Morgan fingerprint density at radius 1 is 1.40 bits per heavy atom. The van der Waals surface area contributed by atoms with Crippen LogP contribution in [0.3, 0.4) is 0 Å². The van der Waals surface area contributed by atoms with Gasteiger partial charge in [0.25, 0.3) is 0 Å². The van der Waals surface area contributed by atoms with E-state index >= 15 is 0 Å². The van der Waals surface area contributed by atoms with Gasteiger partial charge >= 0.3 is 0 Å². The maximum absolute atomic E-state index is 13.5. The lowest BCUT2D eigenvalue weighted by Crippen LogP contribution is -2.30. The Labute approximate surface area is 115 Å². The summed E-state index contributed by atoms with van der Waals surface area (Å²) < 4.78 is 26.9. The minimum Gasteiger partial charge on any atom is -0.347 e. The van der Waals surface area contributed by atoms with Crippen molar-refractivity contribution >= 4 is 5.91 Å². The lowest BCUT2D eigenvalue weighted by molar-refractivity contribution is -0.121. The van der Waals surface area contributed by atoms with Crippen LogP contribution in [-0.2, 0) is 11.2 Å². The van der Waals surface area contributed by atoms with Gasteiger partial charge in [-0.15, -0.1) is 0 Å². The Bertz CT molecular complexity index is 564. The highest BCUT2D eigenvalue weighted by atomic mass is 19.1. The molecule has 0 spiro atoms.